The van der Waals surface area contributed by atoms with Gasteiger partial charge >= 0.3 is 0 Å². The van der Waals surface area contributed by atoms with E-state index in [4.69, 9.17) is 0 Å². The third-order valence-electron chi connectivity index (χ3n) is 4.67. The van der Waals surface area contributed by atoms with Crippen LogP contribution in [0.25, 0.3) is 16.5 Å². The molecular weight excluding hydrogens is 378 g/mol. The standard InChI is InChI=1S/C21H14F2N4S/c22-17-9-8-15(10-18(17)23)19-12-28-21-25-24-20(27(21)26-19)11-14-6-3-5-13-4-1-2-7-16(13)14/h1-10,12,26H,11H2. The predicted octanol–water partition coefficient (Wildman–Crippen LogP) is 4.95. The fourth-order valence-corrected chi connectivity index (χ4v) is 4.03. The summed E-state index contributed by atoms with van der Waals surface area (Å²) in [6.07, 6.45) is 0.590. The largest absolute Gasteiger partial charge is 0.290 e. The van der Waals surface area contributed by atoms with Crippen LogP contribution in [0.4, 0.5) is 8.78 Å². The highest BCUT2D eigenvalue weighted by atomic mass is 32.2. The van der Waals surface area contributed by atoms with Crippen molar-refractivity contribution in [2.24, 2.45) is 0 Å². The molecule has 5 rings (SSSR count). The maximum atomic E-state index is 13.6. The summed E-state index contributed by atoms with van der Waals surface area (Å²) in [4.78, 5) is 0. The first-order chi connectivity index (χ1) is 13.7. The van der Waals surface area contributed by atoms with Crippen molar-refractivity contribution in [3.63, 3.8) is 0 Å². The zero-order valence-corrected chi connectivity index (χ0v) is 15.4. The molecule has 0 fully saturated rings. The minimum atomic E-state index is -0.879. The van der Waals surface area contributed by atoms with E-state index in [1.54, 1.807) is 4.68 Å². The van der Waals surface area contributed by atoms with Crippen LogP contribution >= 0.6 is 11.8 Å². The van der Waals surface area contributed by atoms with E-state index in [2.05, 4.69) is 39.9 Å². The highest BCUT2D eigenvalue weighted by Crippen LogP contribution is 2.30. The lowest BCUT2D eigenvalue weighted by Crippen LogP contribution is -2.20. The molecule has 0 saturated heterocycles. The minimum Gasteiger partial charge on any atom is -0.290 e. The first kappa shape index (κ1) is 16.9. The lowest BCUT2D eigenvalue weighted by Gasteiger charge is -2.19. The van der Waals surface area contributed by atoms with E-state index < -0.39 is 11.6 Å². The number of aromatic nitrogens is 3. The van der Waals surface area contributed by atoms with Crippen molar-refractivity contribution in [1.82, 2.24) is 14.9 Å². The second kappa shape index (κ2) is 6.76. The summed E-state index contributed by atoms with van der Waals surface area (Å²) in [7, 11) is 0. The molecule has 1 N–H and O–H groups in total. The fraction of sp³-hybridized carbons (Fsp3) is 0.0476. The van der Waals surface area contributed by atoms with E-state index in [0.717, 1.165) is 17.5 Å². The molecule has 28 heavy (non-hydrogen) atoms. The Morgan fingerprint density at radius 2 is 1.79 bits per heavy atom. The smallest absolute Gasteiger partial charge is 0.214 e. The van der Waals surface area contributed by atoms with E-state index in [9.17, 15) is 8.78 Å². The number of halogens is 2. The Kier molecular flexibility index (Phi) is 4.09. The zero-order chi connectivity index (χ0) is 19.1. The summed E-state index contributed by atoms with van der Waals surface area (Å²) in [6.45, 7) is 0. The maximum absolute atomic E-state index is 13.6. The molecule has 0 amide bonds. The van der Waals surface area contributed by atoms with Gasteiger partial charge in [0.05, 0.1) is 5.70 Å². The van der Waals surface area contributed by atoms with Crippen LogP contribution in [0.5, 0.6) is 0 Å². The van der Waals surface area contributed by atoms with Crippen LogP contribution in [0.2, 0.25) is 0 Å². The average molecular weight is 392 g/mol. The third kappa shape index (κ3) is 2.93. The molecule has 3 aromatic carbocycles. The molecular formula is C21H14F2N4S. The Bertz CT molecular complexity index is 1230. The SMILES string of the molecule is Fc1ccc(C2=CSc3nnc(Cc4cccc5ccccc45)n3N2)cc1F. The Hall–Kier alpha value is -3.19. The van der Waals surface area contributed by atoms with E-state index in [-0.39, 0.29) is 0 Å². The van der Waals surface area contributed by atoms with Gasteiger partial charge in [0.1, 0.15) is 0 Å². The monoisotopic (exact) mass is 392 g/mol. The number of rotatable bonds is 3. The van der Waals surface area contributed by atoms with Crippen LogP contribution in [0.1, 0.15) is 17.0 Å². The topological polar surface area (TPSA) is 42.7 Å². The summed E-state index contributed by atoms with van der Waals surface area (Å²) in [6, 6.07) is 18.2. The minimum absolute atomic E-state index is 0.557. The number of nitrogens with zero attached hydrogens (tertiary/aromatic N) is 3. The van der Waals surface area contributed by atoms with Crippen LogP contribution in [0, 0.1) is 11.6 Å². The number of fused-ring (bicyclic) bond motifs is 2. The van der Waals surface area contributed by atoms with Gasteiger partial charge in [0.15, 0.2) is 17.5 Å². The fourth-order valence-electron chi connectivity index (χ4n) is 3.28. The number of hydrogen-bond donors (Lipinski definition) is 1. The quantitative estimate of drug-likeness (QED) is 0.536. The van der Waals surface area contributed by atoms with E-state index in [1.807, 2.05) is 23.6 Å². The van der Waals surface area contributed by atoms with E-state index in [1.165, 1.54) is 34.7 Å². The second-order valence-corrected chi connectivity index (χ2v) is 7.28. The molecule has 1 aromatic heterocycles. The Morgan fingerprint density at radius 1 is 0.929 bits per heavy atom. The number of benzene rings is 3. The molecule has 138 valence electrons. The second-order valence-electron chi connectivity index (χ2n) is 6.44. The van der Waals surface area contributed by atoms with Crippen LogP contribution in [0.3, 0.4) is 0 Å². The highest BCUT2D eigenvalue weighted by molar-refractivity contribution is 8.02. The van der Waals surface area contributed by atoms with Gasteiger partial charge in [0, 0.05) is 17.4 Å². The molecule has 7 heteroatoms. The molecule has 2 heterocycles. The highest BCUT2D eigenvalue weighted by Gasteiger charge is 2.19. The molecule has 0 saturated carbocycles. The van der Waals surface area contributed by atoms with Crippen LogP contribution in [-0.2, 0) is 6.42 Å². The summed E-state index contributed by atoms with van der Waals surface area (Å²) in [5, 5.41) is 13.4. The van der Waals surface area contributed by atoms with Gasteiger partial charge in [-0.1, -0.05) is 54.2 Å². The molecule has 0 bridgehead atoms. The molecule has 0 atom stereocenters. The van der Waals surface area contributed by atoms with Crippen molar-refractivity contribution in [3.8, 4) is 0 Å². The first-order valence-electron chi connectivity index (χ1n) is 8.69. The molecule has 1 aliphatic heterocycles. The number of hydrogen-bond acceptors (Lipinski definition) is 4. The Morgan fingerprint density at radius 3 is 2.68 bits per heavy atom. The van der Waals surface area contributed by atoms with Crippen LogP contribution in [-0.4, -0.2) is 14.9 Å². The van der Waals surface area contributed by atoms with Gasteiger partial charge in [0.2, 0.25) is 5.16 Å². The van der Waals surface area contributed by atoms with Crippen molar-refractivity contribution in [2.75, 3.05) is 5.43 Å². The molecule has 0 radical (unpaired) electrons. The van der Waals surface area contributed by atoms with E-state index in [0.29, 0.717) is 22.8 Å². The van der Waals surface area contributed by atoms with Gasteiger partial charge in [-0.05, 0) is 34.5 Å². The van der Waals surface area contributed by atoms with Gasteiger partial charge in [-0.2, -0.15) is 0 Å². The lowest BCUT2D eigenvalue weighted by atomic mass is 10.0. The average Bonchev–Trinajstić information content (AvgIpc) is 3.12. The number of thioether (sulfide) groups is 1. The van der Waals surface area contributed by atoms with Crippen molar-refractivity contribution < 1.29 is 8.78 Å². The Balaban J connectivity index is 1.48. The molecule has 0 unspecified atom stereocenters. The van der Waals surface area contributed by atoms with Gasteiger partial charge in [-0.3, -0.25) is 5.43 Å². The predicted molar refractivity (Wildman–Crippen MR) is 106 cm³/mol. The van der Waals surface area contributed by atoms with Gasteiger partial charge in [-0.15, -0.1) is 10.2 Å². The molecule has 4 nitrogen and oxygen atoms in total. The summed E-state index contributed by atoms with van der Waals surface area (Å²) in [5.74, 6) is -1.00. The summed E-state index contributed by atoms with van der Waals surface area (Å²) >= 11 is 1.39. The number of nitrogens with one attached hydrogen (secondary N) is 1. The van der Waals surface area contributed by atoms with Crippen LogP contribution < -0.4 is 5.43 Å². The van der Waals surface area contributed by atoms with Crippen molar-refractivity contribution in [1.29, 1.82) is 0 Å². The van der Waals surface area contributed by atoms with Crippen molar-refractivity contribution >= 4 is 28.2 Å². The molecule has 4 aromatic rings. The van der Waals surface area contributed by atoms with Gasteiger partial charge < -0.3 is 0 Å². The van der Waals surface area contributed by atoms with Gasteiger partial charge in [-0.25, -0.2) is 13.5 Å². The molecule has 1 aliphatic rings. The maximum Gasteiger partial charge on any atom is 0.214 e. The van der Waals surface area contributed by atoms with Crippen molar-refractivity contribution in [3.05, 3.63) is 94.7 Å². The molecule has 0 aliphatic carbocycles. The first-order valence-corrected chi connectivity index (χ1v) is 9.57. The third-order valence-corrected chi connectivity index (χ3v) is 5.50. The van der Waals surface area contributed by atoms with E-state index >= 15 is 0 Å². The summed E-state index contributed by atoms with van der Waals surface area (Å²) in [5.41, 5.74) is 5.58. The summed E-state index contributed by atoms with van der Waals surface area (Å²) < 4.78 is 28.7. The van der Waals surface area contributed by atoms with Crippen LogP contribution in [0.15, 0.2) is 71.2 Å². The normalized spacial score (nSPS) is 13.1. The zero-order valence-electron chi connectivity index (χ0n) is 14.6. The lowest BCUT2D eigenvalue weighted by molar-refractivity contribution is 0.508. The van der Waals surface area contributed by atoms with Crippen molar-refractivity contribution in [2.45, 2.75) is 11.6 Å². The Labute approximate surface area is 163 Å². The van der Waals surface area contributed by atoms with Gasteiger partial charge in [0.25, 0.3) is 0 Å². The molecule has 0 spiro atoms.